The third-order valence-corrected chi connectivity index (χ3v) is 2.19. The molecule has 0 aliphatic heterocycles. The first-order valence-electron chi connectivity index (χ1n) is 3.35. The van der Waals surface area contributed by atoms with Gasteiger partial charge < -0.3 is 20.6 Å². The van der Waals surface area contributed by atoms with Gasteiger partial charge in [0.2, 0.25) is 0 Å². The van der Waals surface area contributed by atoms with Crippen LogP contribution in [0.4, 0.5) is 5.69 Å². The maximum atomic E-state index is 11.4. The smallest absolute Gasteiger partial charge is 0.0699 e. The normalized spacial score (nSPS) is 10.1. The van der Waals surface area contributed by atoms with Crippen molar-refractivity contribution in [1.82, 2.24) is 0 Å². The molecular weight excluding hydrogens is 170 g/mol. The zero-order chi connectivity index (χ0) is 9.14. The number of benzene rings is 1. The van der Waals surface area contributed by atoms with Crippen LogP contribution in [0.15, 0.2) is 24.3 Å². The second kappa shape index (κ2) is 3.45. The molecular formula is C9H10NOS-. The van der Waals surface area contributed by atoms with Gasteiger partial charge in [-0.25, -0.2) is 11.7 Å². The van der Waals surface area contributed by atoms with E-state index in [0.29, 0.717) is 11.3 Å². The minimum Gasteiger partial charge on any atom is -0.418 e. The highest BCUT2D eigenvalue weighted by atomic mass is 32.2. The standard InChI is InChI=1S/C9H10NOS/c1-12(2)9(11)7-5-3-4-6-8(7)10/h3-6H,1-2,10H2/q-1. The molecule has 0 heterocycles. The maximum Gasteiger partial charge on any atom is 0.0699 e. The fourth-order valence-corrected chi connectivity index (χ4v) is 1.34. The Morgan fingerprint density at radius 3 is 2.42 bits per heavy atom. The zero-order valence-electron chi connectivity index (χ0n) is 6.62. The lowest BCUT2D eigenvalue weighted by Crippen LogP contribution is -2.03. The first kappa shape index (κ1) is 8.87. The van der Waals surface area contributed by atoms with E-state index < -0.39 is 10.1 Å². The lowest BCUT2D eigenvalue weighted by atomic mass is 10.2. The molecule has 64 valence electrons. The molecule has 0 aliphatic carbocycles. The second-order valence-electron chi connectivity index (χ2n) is 2.37. The molecule has 0 atom stereocenters. The summed E-state index contributed by atoms with van der Waals surface area (Å²) in [5.74, 6) is 7.13. The third kappa shape index (κ3) is 1.68. The van der Waals surface area contributed by atoms with Crippen LogP contribution in [0.1, 0.15) is 10.4 Å². The molecule has 2 N–H and O–H groups in total. The van der Waals surface area contributed by atoms with Crippen LogP contribution >= 0.6 is 0 Å². The Morgan fingerprint density at radius 2 is 1.92 bits per heavy atom. The van der Waals surface area contributed by atoms with Crippen molar-refractivity contribution in [2.24, 2.45) is 0 Å². The fourth-order valence-electron chi connectivity index (χ4n) is 0.838. The van der Waals surface area contributed by atoms with E-state index in [-0.39, 0.29) is 5.12 Å². The van der Waals surface area contributed by atoms with Crippen molar-refractivity contribution in [3.8, 4) is 0 Å². The monoisotopic (exact) mass is 180 g/mol. The molecule has 0 fully saturated rings. The number of nitrogens with two attached hydrogens (primary N) is 1. The van der Waals surface area contributed by atoms with Crippen LogP contribution < -0.4 is 5.73 Å². The van der Waals surface area contributed by atoms with E-state index in [2.05, 4.69) is 11.7 Å². The first-order valence-corrected chi connectivity index (χ1v) is 4.91. The second-order valence-corrected chi connectivity index (χ2v) is 3.72. The highest BCUT2D eigenvalue weighted by Gasteiger charge is 1.97. The van der Waals surface area contributed by atoms with Crippen LogP contribution in [0, 0.1) is 0 Å². The van der Waals surface area contributed by atoms with Gasteiger partial charge in [0, 0.05) is 11.3 Å². The predicted molar refractivity (Wildman–Crippen MR) is 56.8 cm³/mol. The summed E-state index contributed by atoms with van der Waals surface area (Å²) in [5, 5.41) is -0.0897. The van der Waals surface area contributed by atoms with Gasteiger partial charge in [-0.2, -0.15) is 0 Å². The first-order chi connectivity index (χ1) is 5.63. The average Bonchev–Trinajstić information content (AvgIpc) is 2.04. The number of carbonyl (C=O) groups is 1. The van der Waals surface area contributed by atoms with Crippen LogP contribution in [-0.2, 0) is 10.1 Å². The van der Waals surface area contributed by atoms with Gasteiger partial charge in [0.05, 0.1) is 5.12 Å². The average molecular weight is 180 g/mol. The number of hydrogen-bond donors (Lipinski definition) is 1. The summed E-state index contributed by atoms with van der Waals surface area (Å²) in [5.41, 5.74) is 6.60. The van der Waals surface area contributed by atoms with Crippen molar-refractivity contribution < 1.29 is 4.79 Å². The number of nitrogen functional groups attached to an aromatic ring is 1. The highest BCUT2D eigenvalue weighted by molar-refractivity contribution is 8.06. The Labute approximate surface area is 73.5 Å². The van der Waals surface area contributed by atoms with E-state index in [1.54, 1.807) is 24.3 Å². The van der Waals surface area contributed by atoms with Crippen LogP contribution in [0.2, 0.25) is 0 Å². The van der Waals surface area contributed by atoms with Gasteiger partial charge in [0.1, 0.15) is 0 Å². The molecule has 1 aromatic carbocycles. The molecule has 0 spiro atoms. The molecule has 0 radical (unpaired) electrons. The van der Waals surface area contributed by atoms with Crippen molar-refractivity contribution in [3.63, 3.8) is 0 Å². The van der Waals surface area contributed by atoms with E-state index in [1.807, 2.05) is 0 Å². The number of rotatable bonds is 1. The molecule has 12 heavy (non-hydrogen) atoms. The van der Waals surface area contributed by atoms with Crippen LogP contribution in [-0.4, -0.2) is 16.9 Å². The predicted octanol–water partition coefficient (Wildman–Crippen LogP) is 0.891. The zero-order valence-corrected chi connectivity index (χ0v) is 7.43. The molecule has 0 saturated heterocycles. The van der Waals surface area contributed by atoms with Crippen molar-refractivity contribution in [2.75, 3.05) is 5.73 Å². The van der Waals surface area contributed by atoms with Crippen molar-refractivity contribution >= 4 is 32.6 Å². The van der Waals surface area contributed by atoms with Crippen LogP contribution in [0.25, 0.3) is 0 Å². The molecule has 0 aliphatic rings. The van der Waals surface area contributed by atoms with Crippen LogP contribution in [0.5, 0.6) is 0 Å². The summed E-state index contributed by atoms with van der Waals surface area (Å²) < 4.78 is 0. The Balaban J connectivity index is 3.20. The van der Waals surface area contributed by atoms with Crippen LogP contribution in [0.3, 0.4) is 0 Å². The molecule has 0 bridgehead atoms. The molecule has 0 aromatic heterocycles. The van der Waals surface area contributed by atoms with Gasteiger partial charge in [-0.3, -0.25) is 0 Å². The van der Waals surface area contributed by atoms with Crippen molar-refractivity contribution in [3.05, 3.63) is 29.8 Å². The number of hydrogen-bond acceptors (Lipinski definition) is 3. The SMILES string of the molecule is C=[S-](=C)C(=O)c1ccccc1N. The van der Waals surface area contributed by atoms with E-state index in [9.17, 15) is 4.79 Å². The van der Waals surface area contributed by atoms with Gasteiger partial charge in [-0.1, -0.05) is 18.2 Å². The summed E-state index contributed by atoms with van der Waals surface area (Å²) in [7, 11) is -0.740. The van der Waals surface area contributed by atoms with Gasteiger partial charge in [0.25, 0.3) is 0 Å². The summed E-state index contributed by atoms with van der Waals surface area (Å²) >= 11 is 0. The van der Waals surface area contributed by atoms with Crippen molar-refractivity contribution in [1.29, 1.82) is 0 Å². The van der Waals surface area contributed by atoms with Gasteiger partial charge in [-0.15, -0.1) is 0 Å². The van der Waals surface area contributed by atoms with E-state index in [4.69, 9.17) is 5.73 Å². The Morgan fingerprint density at radius 1 is 1.33 bits per heavy atom. The fraction of sp³-hybridized carbons (Fsp3) is 0. The summed E-state index contributed by atoms with van der Waals surface area (Å²) in [4.78, 5) is 11.4. The van der Waals surface area contributed by atoms with E-state index >= 15 is 0 Å². The van der Waals surface area contributed by atoms with Gasteiger partial charge >= 0.3 is 0 Å². The summed E-state index contributed by atoms with van der Waals surface area (Å²) in [6, 6.07) is 6.95. The third-order valence-electron chi connectivity index (χ3n) is 1.44. The number of para-hydroxylation sites is 1. The Bertz CT molecular complexity index is 372. The summed E-state index contributed by atoms with van der Waals surface area (Å²) in [6.07, 6.45) is 0. The number of carbonyl (C=O) groups excluding carboxylic acids is 1. The Hall–Kier alpha value is -1.22. The van der Waals surface area contributed by atoms with E-state index in [1.165, 1.54) is 0 Å². The molecule has 0 unspecified atom stereocenters. The van der Waals surface area contributed by atoms with Gasteiger partial charge in [-0.05, 0) is 6.07 Å². The molecule has 1 rings (SSSR count). The minimum atomic E-state index is -0.740. The summed E-state index contributed by atoms with van der Waals surface area (Å²) in [6.45, 7) is 0. The lowest BCUT2D eigenvalue weighted by Gasteiger charge is -2.08. The minimum absolute atomic E-state index is 0.0897. The van der Waals surface area contributed by atoms with E-state index in [0.717, 1.165) is 0 Å². The lowest BCUT2D eigenvalue weighted by molar-refractivity contribution is 0.109. The molecule has 2 nitrogen and oxygen atoms in total. The number of anilines is 1. The van der Waals surface area contributed by atoms with Gasteiger partial charge in [0.15, 0.2) is 0 Å². The molecule has 0 amide bonds. The molecule has 0 saturated carbocycles. The molecule has 1 aromatic rings. The topological polar surface area (TPSA) is 43.1 Å². The quantitative estimate of drug-likeness (QED) is 0.396. The largest absolute Gasteiger partial charge is 0.418 e. The van der Waals surface area contributed by atoms with Crippen molar-refractivity contribution in [2.45, 2.75) is 0 Å². The Kier molecular flexibility index (Phi) is 2.55. The highest BCUT2D eigenvalue weighted by Crippen LogP contribution is 2.10. The molecule has 3 heteroatoms. The maximum absolute atomic E-state index is 11.4.